The van der Waals surface area contributed by atoms with Gasteiger partial charge in [-0.25, -0.2) is 4.98 Å². The van der Waals surface area contributed by atoms with Crippen LogP contribution in [-0.4, -0.2) is 19.3 Å². The van der Waals surface area contributed by atoms with Crippen molar-refractivity contribution in [3.63, 3.8) is 0 Å². The van der Waals surface area contributed by atoms with Gasteiger partial charge in [0, 0.05) is 31.5 Å². The lowest BCUT2D eigenvalue weighted by molar-refractivity contribution is 0.711. The second-order valence-electron chi connectivity index (χ2n) is 3.61. The lowest BCUT2D eigenvalue weighted by Gasteiger charge is -2.06. The summed E-state index contributed by atoms with van der Waals surface area (Å²) < 4.78 is 3.90. The van der Waals surface area contributed by atoms with E-state index >= 15 is 0 Å². The number of rotatable bonds is 3. The molecule has 2 heterocycles. The Balaban J connectivity index is 2.26. The Morgan fingerprint density at radius 2 is 2.20 bits per heavy atom. The highest BCUT2D eigenvalue weighted by atomic mass is 15.2. The zero-order valence-electron chi connectivity index (χ0n) is 9.01. The third-order valence-corrected chi connectivity index (χ3v) is 2.45. The van der Waals surface area contributed by atoms with E-state index < -0.39 is 0 Å². The smallest absolute Gasteiger partial charge is 0.106 e. The lowest BCUT2D eigenvalue weighted by atomic mass is 10.3. The zero-order chi connectivity index (χ0) is 10.8. The maximum absolute atomic E-state index is 5.64. The maximum Gasteiger partial charge on any atom is 0.106 e. The highest BCUT2D eigenvalue weighted by Gasteiger charge is 2.06. The van der Waals surface area contributed by atoms with Gasteiger partial charge in [0.15, 0.2) is 0 Å². The summed E-state index contributed by atoms with van der Waals surface area (Å²) >= 11 is 0. The Morgan fingerprint density at radius 1 is 1.40 bits per heavy atom. The van der Waals surface area contributed by atoms with Crippen LogP contribution in [0.15, 0.2) is 18.6 Å². The first-order valence-corrected chi connectivity index (χ1v) is 4.89. The van der Waals surface area contributed by atoms with Crippen LogP contribution in [0.2, 0.25) is 0 Å². The van der Waals surface area contributed by atoms with E-state index in [-0.39, 0.29) is 0 Å². The molecule has 2 aromatic heterocycles. The van der Waals surface area contributed by atoms with Crippen molar-refractivity contribution < 1.29 is 0 Å². The van der Waals surface area contributed by atoms with Gasteiger partial charge in [-0.3, -0.25) is 4.68 Å². The molecule has 2 rings (SSSR count). The lowest BCUT2D eigenvalue weighted by Crippen LogP contribution is -2.09. The minimum absolute atomic E-state index is 0.515. The Hall–Kier alpha value is -1.62. The fourth-order valence-electron chi connectivity index (χ4n) is 1.63. The molecule has 0 amide bonds. The van der Waals surface area contributed by atoms with Crippen molar-refractivity contribution in [3.8, 4) is 0 Å². The number of aromatic nitrogens is 4. The third kappa shape index (κ3) is 1.92. The van der Waals surface area contributed by atoms with Gasteiger partial charge in [-0.2, -0.15) is 5.10 Å². The molecule has 0 aliphatic heterocycles. The normalized spacial score (nSPS) is 10.9. The molecule has 0 radical (unpaired) electrons. The van der Waals surface area contributed by atoms with Gasteiger partial charge in [-0.15, -0.1) is 0 Å². The molecule has 0 saturated heterocycles. The summed E-state index contributed by atoms with van der Waals surface area (Å²) in [7, 11) is 1.91. The first-order valence-electron chi connectivity index (χ1n) is 4.89. The summed E-state index contributed by atoms with van der Waals surface area (Å²) in [6.07, 6.45) is 5.69. The highest BCUT2D eigenvalue weighted by Crippen LogP contribution is 2.08. The van der Waals surface area contributed by atoms with Crippen LogP contribution >= 0.6 is 0 Å². The van der Waals surface area contributed by atoms with Crippen molar-refractivity contribution in [1.29, 1.82) is 0 Å². The quantitative estimate of drug-likeness (QED) is 0.790. The number of hydrogen-bond donors (Lipinski definition) is 1. The zero-order valence-corrected chi connectivity index (χ0v) is 9.01. The first kappa shape index (κ1) is 9.92. The summed E-state index contributed by atoms with van der Waals surface area (Å²) in [6, 6.07) is 0. The molecule has 0 saturated carbocycles. The molecule has 0 unspecified atom stereocenters. The molecular formula is C10H15N5. The van der Waals surface area contributed by atoms with Crippen LogP contribution in [0.5, 0.6) is 0 Å². The van der Waals surface area contributed by atoms with Gasteiger partial charge in [0.1, 0.15) is 5.82 Å². The van der Waals surface area contributed by atoms with E-state index in [0.29, 0.717) is 6.54 Å². The van der Waals surface area contributed by atoms with Gasteiger partial charge >= 0.3 is 0 Å². The maximum atomic E-state index is 5.64. The Morgan fingerprint density at radius 3 is 2.80 bits per heavy atom. The van der Waals surface area contributed by atoms with Crippen LogP contribution in [-0.2, 0) is 20.1 Å². The van der Waals surface area contributed by atoms with Gasteiger partial charge in [-0.1, -0.05) is 0 Å². The molecule has 80 valence electrons. The monoisotopic (exact) mass is 205 g/mol. The molecule has 0 spiro atoms. The number of nitrogens with zero attached hydrogens (tertiary/aromatic N) is 4. The predicted octanol–water partition coefficient (Wildman–Crippen LogP) is 0.432. The average molecular weight is 205 g/mol. The highest BCUT2D eigenvalue weighted by molar-refractivity contribution is 5.11. The molecule has 0 fully saturated rings. The summed E-state index contributed by atoms with van der Waals surface area (Å²) in [5.41, 5.74) is 7.85. The summed E-state index contributed by atoms with van der Waals surface area (Å²) in [6.45, 7) is 3.28. The van der Waals surface area contributed by atoms with Gasteiger partial charge in [0.2, 0.25) is 0 Å². The second kappa shape index (κ2) is 3.86. The van der Waals surface area contributed by atoms with Crippen molar-refractivity contribution in [2.75, 3.05) is 0 Å². The molecule has 5 heteroatoms. The number of nitrogens with two attached hydrogens (primary N) is 1. The Kier molecular flexibility index (Phi) is 2.55. The van der Waals surface area contributed by atoms with E-state index in [4.69, 9.17) is 5.73 Å². The summed E-state index contributed by atoms with van der Waals surface area (Å²) in [5.74, 6) is 0.985. The molecule has 0 atom stereocenters. The molecule has 0 aromatic carbocycles. The standard InChI is InChI=1S/C10H15N5/c1-8-12-5-10(3-11)15(8)7-9-4-13-14(2)6-9/h4-6H,3,7,11H2,1-2H3. The molecule has 0 aliphatic rings. The average Bonchev–Trinajstić information content (AvgIpc) is 2.76. The topological polar surface area (TPSA) is 61.7 Å². The Bertz CT molecular complexity index is 454. The third-order valence-electron chi connectivity index (χ3n) is 2.45. The van der Waals surface area contributed by atoms with Gasteiger partial charge in [-0.05, 0) is 6.92 Å². The van der Waals surface area contributed by atoms with Crippen molar-refractivity contribution in [2.24, 2.45) is 12.8 Å². The number of imidazole rings is 1. The molecule has 0 bridgehead atoms. The fourth-order valence-corrected chi connectivity index (χ4v) is 1.63. The van der Waals surface area contributed by atoms with Crippen molar-refractivity contribution >= 4 is 0 Å². The van der Waals surface area contributed by atoms with Crippen LogP contribution in [0.4, 0.5) is 0 Å². The van der Waals surface area contributed by atoms with E-state index in [1.165, 1.54) is 0 Å². The van der Waals surface area contributed by atoms with Gasteiger partial charge in [0.25, 0.3) is 0 Å². The SMILES string of the molecule is Cc1ncc(CN)n1Cc1cnn(C)c1. The molecule has 2 N–H and O–H groups in total. The van der Waals surface area contributed by atoms with Crippen LogP contribution < -0.4 is 5.73 Å². The van der Waals surface area contributed by atoms with E-state index in [0.717, 1.165) is 23.6 Å². The molecule has 5 nitrogen and oxygen atoms in total. The van der Waals surface area contributed by atoms with Crippen LogP contribution in [0.1, 0.15) is 17.1 Å². The molecular weight excluding hydrogens is 190 g/mol. The molecule has 2 aromatic rings. The van der Waals surface area contributed by atoms with E-state index in [1.54, 1.807) is 4.68 Å². The minimum Gasteiger partial charge on any atom is -0.326 e. The van der Waals surface area contributed by atoms with Crippen molar-refractivity contribution in [2.45, 2.75) is 20.0 Å². The second-order valence-corrected chi connectivity index (χ2v) is 3.61. The number of hydrogen-bond acceptors (Lipinski definition) is 3. The first-order chi connectivity index (χ1) is 7.20. The van der Waals surface area contributed by atoms with Crippen LogP contribution in [0.3, 0.4) is 0 Å². The molecule has 15 heavy (non-hydrogen) atoms. The van der Waals surface area contributed by atoms with E-state index in [2.05, 4.69) is 14.6 Å². The largest absolute Gasteiger partial charge is 0.326 e. The van der Waals surface area contributed by atoms with Gasteiger partial charge in [0.05, 0.1) is 18.4 Å². The van der Waals surface area contributed by atoms with E-state index in [1.807, 2.05) is 32.6 Å². The summed E-state index contributed by atoms with van der Waals surface area (Å²) in [5, 5.41) is 4.13. The van der Waals surface area contributed by atoms with Crippen LogP contribution in [0.25, 0.3) is 0 Å². The number of aryl methyl sites for hydroxylation is 2. The van der Waals surface area contributed by atoms with Crippen molar-refractivity contribution in [1.82, 2.24) is 19.3 Å². The molecule has 0 aliphatic carbocycles. The van der Waals surface area contributed by atoms with E-state index in [9.17, 15) is 0 Å². The fraction of sp³-hybridized carbons (Fsp3) is 0.400. The van der Waals surface area contributed by atoms with Gasteiger partial charge < -0.3 is 10.3 Å². The Labute approximate surface area is 88.5 Å². The summed E-state index contributed by atoms with van der Waals surface area (Å²) in [4.78, 5) is 4.25. The van der Waals surface area contributed by atoms with Crippen LogP contribution in [0, 0.1) is 6.92 Å². The van der Waals surface area contributed by atoms with Crippen molar-refractivity contribution in [3.05, 3.63) is 35.7 Å². The minimum atomic E-state index is 0.515. The predicted molar refractivity (Wildman–Crippen MR) is 57.2 cm³/mol.